The molecule has 2 saturated heterocycles. The summed E-state index contributed by atoms with van der Waals surface area (Å²) in [6.07, 6.45) is 5.66. The largest absolute Gasteiger partial charge is 0.455 e. The molecule has 55 heavy (non-hydrogen) atoms. The van der Waals surface area contributed by atoms with E-state index < -0.39 is 72.0 Å². The number of allylic oxidation sites excluding steroid dienone is 3. The number of rotatable bonds is 6. The quantitative estimate of drug-likeness (QED) is 0.174. The molecule has 0 radical (unpaired) electrons. The maximum atomic E-state index is 14.2. The lowest BCUT2D eigenvalue weighted by atomic mass is 9.81. The van der Waals surface area contributed by atoms with E-state index in [9.17, 15) is 34.5 Å². The van der Waals surface area contributed by atoms with Gasteiger partial charge in [-0.15, -0.1) is 0 Å². The van der Waals surface area contributed by atoms with Gasteiger partial charge in [-0.1, -0.05) is 39.8 Å². The van der Waals surface area contributed by atoms with Crippen molar-refractivity contribution in [3.8, 4) is 0 Å². The molecule has 2 bridgehead atoms. The first-order chi connectivity index (χ1) is 26.1. The van der Waals surface area contributed by atoms with Crippen LogP contribution in [0.15, 0.2) is 23.3 Å². The number of hydrogen-bond donors (Lipinski definition) is 4. The number of ether oxygens (including phenoxy) is 4. The maximum Gasteiger partial charge on any atom is 0.329 e. The number of ketones is 2. The van der Waals surface area contributed by atoms with E-state index in [-0.39, 0.29) is 61.9 Å². The van der Waals surface area contributed by atoms with Gasteiger partial charge < -0.3 is 44.9 Å². The Morgan fingerprint density at radius 1 is 1.00 bits per heavy atom. The number of nitrogens with zero attached hydrogens (tertiary/aromatic N) is 1. The standard InChI is InChI=1S/C42H68N2O11/c1-8-30-18-24(2)17-25(3)19-34(52-6)38-35(53-7)21-27(5)42(51,55-38)39(48)40(49)44-16-10-9-11-31(44)41(50)54-37(36(43)33(47)22-32(30)46)26(4)20-28-12-14-29(23-45)15-13-28/h18,20,24-25,27-29,31,33-38,45,47,51H,8-17,19,21-23,43H2,1-7H3/b26-20?,30-18+. The van der Waals surface area contributed by atoms with E-state index in [1.54, 1.807) is 13.8 Å². The third-order valence-corrected chi connectivity index (χ3v) is 12.6. The molecule has 0 aromatic heterocycles. The molecule has 13 nitrogen and oxygen atoms in total. The summed E-state index contributed by atoms with van der Waals surface area (Å²) in [7, 11) is 3.06. The third-order valence-electron chi connectivity index (χ3n) is 12.6. The molecule has 0 aromatic carbocycles. The van der Waals surface area contributed by atoms with Crippen molar-refractivity contribution in [3.05, 3.63) is 23.3 Å². The fourth-order valence-corrected chi connectivity index (χ4v) is 9.22. The van der Waals surface area contributed by atoms with Crippen LogP contribution in [-0.2, 0) is 38.1 Å². The van der Waals surface area contributed by atoms with Gasteiger partial charge in [0.2, 0.25) is 5.79 Å². The average Bonchev–Trinajstić information content (AvgIpc) is 3.17. The molecule has 0 aromatic rings. The van der Waals surface area contributed by atoms with Crippen LogP contribution in [-0.4, -0.2) is 119 Å². The summed E-state index contributed by atoms with van der Waals surface area (Å²) in [6.45, 7) is 9.60. The van der Waals surface area contributed by atoms with Gasteiger partial charge in [-0.05, 0) is 112 Å². The van der Waals surface area contributed by atoms with E-state index in [1.165, 1.54) is 14.2 Å². The minimum absolute atomic E-state index is 0.0230. The fourth-order valence-electron chi connectivity index (χ4n) is 9.22. The van der Waals surface area contributed by atoms with Crippen LogP contribution in [0.3, 0.4) is 0 Å². The first-order valence-electron chi connectivity index (χ1n) is 20.6. The van der Waals surface area contributed by atoms with Crippen molar-refractivity contribution < 1.29 is 53.4 Å². The molecule has 1 aliphatic carbocycles. The first-order valence-corrected chi connectivity index (χ1v) is 20.6. The van der Waals surface area contributed by atoms with Crippen LogP contribution >= 0.6 is 0 Å². The van der Waals surface area contributed by atoms with Gasteiger partial charge in [0.1, 0.15) is 18.2 Å². The molecule has 13 heteroatoms. The summed E-state index contributed by atoms with van der Waals surface area (Å²) >= 11 is 0. The van der Waals surface area contributed by atoms with Crippen LogP contribution in [0, 0.1) is 29.6 Å². The van der Waals surface area contributed by atoms with Crippen LogP contribution in [0.2, 0.25) is 0 Å². The SMILES string of the molecule is CC/C1=C\C(C)CC(C)CC(OC)C2OC(O)(C(=O)C(=O)N3CCCCC3C(=O)OC(C(C)=CC3CCC(CO)CC3)C(N)C(O)CC1=O)C(C)CC2OC. The summed E-state index contributed by atoms with van der Waals surface area (Å²) in [5.41, 5.74) is 7.90. The lowest BCUT2D eigenvalue weighted by Crippen LogP contribution is -2.64. The molecule has 3 heterocycles. The predicted octanol–water partition coefficient (Wildman–Crippen LogP) is 3.79. The molecule has 4 rings (SSSR count). The zero-order valence-corrected chi connectivity index (χ0v) is 34.1. The number of cyclic esters (lactones) is 1. The van der Waals surface area contributed by atoms with Crippen molar-refractivity contribution in [1.82, 2.24) is 4.90 Å². The van der Waals surface area contributed by atoms with E-state index >= 15 is 0 Å². The normalized spacial score (nSPS) is 40.7. The van der Waals surface area contributed by atoms with E-state index in [2.05, 4.69) is 6.92 Å². The highest BCUT2D eigenvalue weighted by atomic mass is 16.7. The highest BCUT2D eigenvalue weighted by molar-refractivity contribution is 6.39. The molecule has 3 fully saturated rings. The minimum atomic E-state index is -2.50. The summed E-state index contributed by atoms with van der Waals surface area (Å²) in [5, 5.41) is 33.1. The van der Waals surface area contributed by atoms with Crippen LogP contribution in [0.4, 0.5) is 0 Å². The number of fused-ring (bicyclic) bond motifs is 3. The zero-order valence-electron chi connectivity index (χ0n) is 34.1. The van der Waals surface area contributed by atoms with Gasteiger partial charge in [-0.25, -0.2) is 4.79 Å². The molecule has 3 aliphatic heterocycles. The van der Waals surface area contributed by atoms with Gasteiger partial charge in [0, 0.05) is 39.7 Å². The Bertz CT molecular complexity index is 1390. The van der Waals surface area contributed by atoms with Crippen LogP contribution < -0.4 is 5.73 Å². The molecule has 312 valence electrons. The number of esters is 1. The van der Waals surface area contributed by atoms with Crippen molar-refractivity contribution >= 4 is 23.4 Å². The highest BCUT2D eigenvalue weighted by Crippen LogP contribution is 2.39. The third kappa shape index (κ3) is 10.9. The molecule has 5 N–H and O–H groups in total. The predicted molar refractivity (Wildman–Crippen MR) is 205 cm³/mol. The van der Waals surface area contributed by atoms with Crippen molar-refractivity contribution in [1.29, 1.82) is 0 Å². The number of amides is 1. The fraction of sp³-hybridized carbons (Fsp3) is 0.810. The van der Waals surface area contributed by atoms with E-state index in [0.29, 0.717) is 43.3 Å². The lowest BCUT2D eigenvalue weighted by molar-refractivity contribution is -0.302. The molecule has 4 aliphatic rings. The molecular formula is C42H68N2O11. The number of carbonyl (C=O) groups is 4. The number of hydrogen-bond acceptors (Lipinski definition) is 12. The Morgan fingerprint density at radius 2 is 1.65 bits per heavy atom. The van der Waals surface area contributed by atoms with E-state index in [0.717, 1.165) is 30.6 Å². The number of nitrogens with two attached hydrogens (primary N) is 1. The second kappa shape index (κ2) is 20.3. The van der Waals surface area contributed by atoms with Crippen LogP contribution in [0.5, 0.6) is 0 Å². The minimum Gasteiger partial charge on any atom is -0.455 e. The zero-order chi connectivity index (χ0) is 40.6. The molecule has 11 unspecified atom stereocenters. The van der Waals surface area contributed by atoms with Crippen molar-refractivity contribution in [2.24, 2.45) is 35.3 Å². The summed E-state index contributed by atoms with van der Waals surface area (Å²) in [4.78, 5) is 57.4. The Hall–Kier alpha value is -2.52. The van der Waals surface area contributed by atoms with Crippen molar-refractivity contribution in [3.63, 3.8) is 0 Å². The molecule has 1 amide bonds. The number of aliphatic hydroxyl groups excluding tert-OH is 2. The summed E-state index contributed by atoms with van der Waals surface area (Å²) < 4.78 is 24.1. The second-order valence-corrected chi connectivity index (χ2v) is 16.9. The topological polar surface area (TPSA) is 195 Å². The average molecular weight is 777 g/mol. The number of Topliss-reactive ketones (excluding diaryl/α,β-unsaturated/α-hetero) is 2. The Morgan fingerprint density at radius 3 is 2.27 bits per heavy atom. The van der Waals surface area contributed by atoms with Crippen LogP contribution in [0.25, 0.3) is 0 Å². The van der Waals surface area contributed by atoms with Crippen molar-refractivity contribution in [2.45, 2.75) is 160 Å². The van der Waals surface area contributed by atoms with Crippen LogP contribution in [0.1, 0.15) is 112 Å². The Labute approximate surface area is 327 Å². The number of aliphatic hydroxyl groups is 3. The van der Waals surface area contributed by atoms with Gasteiger partial charge in [0.05, 0.1) is 24.4 Å². The maximum absolute atomic E-state index is 14.2. The molecule has 11 atom stereocenters. The van der Waals surface area contributed by atoms with Gasteiger partial charge in [-0.2, -0.15) is 0 Å². The van der Waals surface area contributed by atoms with Gasteiger partial charge in [-0.3, -0.25) is 14.4 Å². The smallest absolute Gasteiger partial charge is 0.329 e. The number of piperidine rings is 1. The van der Waals surface area contributed by atoms with Gasteiger partial charge in [0.25, 0.3) is 11.7 Å². The van der Waals surface area contributed by atoms with E-state index in [1.807, 2.05) is 26.0 Å². The first kappa shape index (κ1) is 45.2. The van der Waals surface area contributed by atoms with E-state index in [4.69, 9.17) is 24.7 Å². The van der Waals surface area contributed by atoms with Gasteiger partial charge >= 0.3 is 5.97 Å². The second-order valence-electron chi connectivity index (χ2n) is 16.9. The Balaban J connectivity index is 1.75. The summed E-state index contributed by atoms with van der Waals surface area (Å²) in [6, 6.07) is -2.33. The monoisotopic (exact) mass is 776 g/mol. The Kier molecular flexibility index (Phi) is 16.6. The molecule has 1 saturated carbocycles. The summed E-state index contributed by atoms with van der Waals surface area (Å²) in [5.74, 6) is -6.17. The highest BCUT2D eigenvalue weighted by Gasteiger charge is 2.56. The number of methoxy groups -OCH3 is 2. The van der Waals surface area contributed by atoms with Crippen molar-refractivity contribution in [2.75, 3.05) is 27.4 Å². The number of carbonyl (C=O) groups excluding carboxylic acids is 4. The van der Waals surface area contributed by atoms with Gasteiger partial charge in [0.15, 0.2) is 5.78 Å². The lowest BCUT2D eigenvalue weighted by Gasteiger charge is -2.47. The molecule has 0 spiro atoms. The molecular weight excluding hydrogens is 708 g/mol.